The normalized spacial score (nSPS) is 9.81. The van der Waals surface area contributed by atoms with Crippen LogP contribution in [0.3, 0.4) is 0 Å². The summed E-state index contributed by atoms with van der Waals surface area (Å²) in [4.78, 5) is 21.4. The van der Waals surface area contributed by atoms with Gasteiger partial charge in [-0.25, -0.2) is 0 Å². The second-order valence-corrected chi connectivity index (χ2v) is 3.35. The first-order valence-electron chi connectivity index (χ1n) is 4.92. The summed E-state index contributed by atoms with van der Waals surface area (Å²) in [6.45, 7) is -0.0701. The Kier molecular flexibility index (Phi) is 4.47. The van der Waals surface area contributed by atoms with Gasteiger partial charge in [0, 0.05) is 12.1 Å². The number of nitrogens with two attached hydrogens (primary N) is 1. The van der Waals surface area contributed by atoms with E-state index in [1.54, 1.807) is 18.2 Å². The van der Waals surface area contributed by atoms with Crippen molar-refractivity contribution in [2.24, 2.45) is 5.73 Å². The molecule has 0 unspecified atom stereocenters. The van der Waals surface area contributed by atoms with Crippen molar-refractivity contribution in [1.82, 2.24) is 0 Å². The van der Waals surface area contributed by atoms with Crippen LogP contribution in [0.1, 0.15) is 12.0 Å². The Bertz CT molecular complexity index is 391. The molecule has 0 saturated carbocycles. The number of carbonyl (C=O) groups is 2. The van der Waals surface area contributed by atoms with Crippen molar-refractivity contribution in [3.05, 3.63) is 29.8 Å². The van der Waals surface area contributed by atoms with Gasteiger partial charge in [0.2, 0.25) is 5.91 Å². The molecule has 0 radical (unpaired) electrons. The van der Waals surface area contributed by atoms with Gasteiger partial charge in [-0.2, -0.15) is 0 Å². The molecular weight excluding hydrogens is 208 g/mol. The summed E-state index contributed by atoms with van der Waals surface area (Å²) >= 11 is 0. The van der Waals surface area contributed by atoms with Crippen LogP contribution in [0.5, 0.6) is 0 Å². The molecule has 0 aliphatic rings. The predicted octanol–water partition coefficient (Wildman–Crippen LogP) is 0.601. The number of rotatable bonds is 5. The second-order valence-electron chi connectivity index (χ2n) is 3.35. The molecule has 1 rings (SSSR count). The van der Waals surface area contributed by atoms with Crippen molar-refractivity contribution in [1.29, 1.82) is 0 Å². The lowest BCUT2D eigenvalue weighted by Crippen LogP contribution is -2.21. The van der Waals surface area contributed by atoms with Gasteiger partial charge in [-0.15, -0.1) is 0 Å². The molecule has 0 bridgehead atoms. The fourth-order valence-electron chi connectivity index (χ4n) is 1.27. The van der Waals surface area contributed by atoms with E-state index in [9.17, 15) is 9.59 Å². The van der Waals surface area contributed by atoms with Crippen LogP contribution in [0.25, 0.3) is 0 Å². The highest BCUT2D eigenvalue weighted by Crippen LogP contribution is 2.12. The lowest BCUT2D eigenvalue weighted by molar-refractivity contribution is -0.137. The number of nitrogens with one attached hydrogen (secondary N) is 1. The fraction of sp³-hybridized carbons (Fsp3) is 0.273. The van der Waals surface area contributed by atoms with Gasteiger partial charge in [-0.05, 0) is 24.1 Å². The van der Waals surface area contributed by atoms with Crippen LogP contribution in [-0.4, -0.2) is 23.5 Å². The number of carboxylic acid groups (broad SMARTS) is 1. The lowest BCUT2D eigenvalue weighted by Gasteiger charge is -2.05. The minimum atomic E-state index is -0.837. The van der Waals surface area contributed by atoms with Crippen molar-refractivity contribution < 1.29 is 14.7 Å². The molecule has 1 aromatic carbocycles. The monoisotopic (exact) mass is 222 g/mol. The molecule has 16 heavy (non-hydrogen) atoms. The molecule has 5 heteroatoms. The minimum absolute atomic E-state index is 0.0701. The topological polar surface area (TPSA) is 92.4 Å². The van der Waals surface area contributed by atoms with Crippen LogP contribution < -0.4 is 11.1 Å². The third-order valence-electron chi connectivity index (χ3n) is 2.02. The Morgan fingerprint density at radius 2 is 2.12 bits per heavy atom. The molecule has 0 saturated heterocycles. The summed E-state index contributed by atoms with van der Waals surface area (Å²) in [5.74, 6) is -1.10. The average molecular weight is 222 g/mol. The molecule has 0 spiro atoms. The van der Waals surface area contributed by atoms with Gasteiger partial charge >= 0.3 is 5.97 Å². The summed E-state index contributed by atoms with van der Waals surface area (Å²) in [5.41, 5.74) is 6.68. The number of carbonyl (C=O) groups excluding carboxylic acids is 1. The number of hydrogen-bond acceptors (Lipinski definition) is 3. The largest absolute Gasteiger partial charge is 0.481 e. The van der Waals surface area contributed by atoms with Gasteiger partial charge in [-0.1, -0.05) is 12.1 Å². The molecule has 1 amide bonds. The molecule has 86 valence electrons. The maximum Gasteiger partial charge on any atom is 0.303 e. The highest BCUT2D eigenvalue weighted by Gasteiger charge is 2.02. The Balaban J connectivity index is 2.63. The number of hydrogen-bond donors (Lipinski definition) is 3. The zero-order chi connectivity index (χ0) is 12.0. The van der Waals surface area contributed by atoms with E-state index in [0.717, 1.165) is 5.56 Å². The number of aryl methyl sites for hydroxylation is 1. The number of anilines is 1. The zero-order valence-electron chi connectivity index (χ0n) is 8.77. The summed E-state index contributed by atoms with van der Waals surface area (Å²) in [6.07, 6.45) is 0.524. The van der Waals surface area contributed by atoms with Gasteiger partial charge in [0.05, 0.1) is 6.54 Å². The van der Waals surface area contributed by atoms with E-state index < -0.39 is 5.97 Å². The standard InChI is InChI=1S/C11H14N2O3/c12-7-10(14)13-9-3-1-2-8(6-9)4-5-11(15)16/h1-3,6H,4-5,7,12H2,(H,13,14)(H,15,16). The van der Waals surface area contributed by atoms with Gasteiger partial charge < -0.3 is 16.2 Å². The van der Waals surface area contributed by atoms with Crippen LogP contribution in [0.15, 0.2) is 24.3 Å². The van der Waals surface area contributed by atoms with Crippen LogP contribution in [0, 0.1) is 0 Å². The second kappa shape index (κ2) is 5.87. The Labute approximate surface area is 93.3 Å². The number of benzene rings is 1. The van der Waals surface area contributed by atoms with Crippen LogP contribution in [-0.2, 0) is 16.0 Å². The van der Waals surface area contributed by atoms with E-state index in [4.69, 9.17) is 10.8 Å². The fourth-order valence-corrected chi connectivity index (χ4v) is 1.27. The molecule has 0 atom stereocenters. The van der Waals surface area contributed by atoms with Gasteiger partial charge in [0.25, 0.3) is 0 Å². The van der Waals surface area contributed by atoms with E-state index in [2.05, 4.69) is 5.32 Å². The van der Waals surface area contributed by atoms with E-state index in [0.29, 0.717) is 12.1 Å². The molecule has 5 nitrogen and oxygen atoms in total. The van der Waals surface area contributed by atoms with Crippen molar-refractivity contribution in [2.45, 2.75) is 12.8 Å². The van der Waals surface area contributed by atoms with Gasteiger partial charge in [-0.3, -0.25) is 9.59 Å². The van der Waals surface area contributed by atoms with Crippen molar-refractivity contribution >= 4 is 17.6 Å². The Hall–Kier alpha value is -1.88. The highest BCUT2D eigenvalue weighted by molar-refractivity contribution is 5.92. The molecule has 1 aromatic rings. The smallest absolute Gasteiger partial charge is 0.303 e. The van der Waals surface area contributed by atoms with Crippen LogP contribution in [0.2, 0.25) is 0 Å². The molecule has 0 aromatic heterocycles. The first-order valence-corrected chi connectivity index (χ1v) is 4.92. The molecule has 0 aliphatic carbocycles. The molecule has 4 N–H and O–H groups in total. The van der Waals surface area contributed by atoms with E-state index in [1.165, 1.54) is 0 Å². The third kappa shape index (κ3) is 4.10. The predicted molar refractivity (Wildman–Crippen MR) is 60.1 cm³/mol. The van der Waals surface area contributed by atoms with E-state index in [-0.39, 0.29) is 18.9 Å². The molecular formula is C11H14N2O3. The Morgan fingerprint density at radius 1 is 1.38 bits per heavy atom. The minimum Gasteiger partial charge on any atom is -0.481 e. The third-order valence-corrected chi connectivity index (χ3v) is 2.02. The van der Waals surface area contributed by atoms with E-state index >= 15 is 0 Å². The maximum atomic E-state index is 11.0. The maximum absolute atomic E-state index is 11.0. The average Bonchev–Trinajstić information content (AvgIpc) is 2.26. The number of amides is 1. The zero-order valence-corrected chi connectivity index (χ0v) is 8.77. The van der Waals surface area contributed by atoms with Crippen LogP contribution in [0.4, 0.5) is 5.69 Å². The van der Waals surface area contributed by atoms with Gasteiger partial charge in [0.1, 0.15) is 0 Å². The van der Waals surface area contributed by atoms with E-state index in [1.807, 2.05) is 6.07 Å². The van der Waals surface area contributed by atoms with Crippen molar-refractivity contribution in [3.63, 3.8) is 0 Å². The number of carboxylic acids is 1. The number of aliphatic carboxylic acids is 1. The highest BCUT2D eigenvalue weighted by atomic mass is 16.4. The quantitative estimate of drug-likeness (QED) is 0.680. The first-order chi connectivity index (χ1) is 7.61. The Morgan fingerprint density at radius 3 is 2.75 bits per heavy atom. The molecule has 0 fully saturated rings. The molecule has 0 heterocycles. The summed E-state index contributed by atoms with van der Waals surface area (Å²) in [5, 5.41) is 11.1. The van der Waals surface area contributed by atoms with Crippen molar-refractivity contribution in [3.8, 4) is 0 Å². The summed E-state index contributed by atoms with van der Waals surface area (Å²) in [7, 11) is 0. The summed E-state index contributed by atoms with van der Waals surface area (Å²) in [6, 6.07) is 7.07. The van der Waals surface area contributed by atoms with Crippen molar-refractivity contribution in [2.75, 3.05) is 11.9 Å². The molecule has 0 aliphatic heterocycles. The van der Waals surface area contributed by atoms with Crippen LogP contribution >= 0.6 is 0 Å². The van der Waals surface area contributed by atoms with Gasteiger partial charge in [0.15, 0.2) is 0 Å². The summed E-state index contributed by atoms with van der Waals surface area (Å²) < 4.78 is 0. The first kappa shape index (κ1) is 12.2. The SMILES string of the molecule is NCC(=O)Nc1cccc(CCC(=O)O)c1. The lowest BCUT2D eigenvalue weighted by atomic mass is 10.1.